The average molecular weight is 52.9 g/mol. The number of hydrogen-bond donors (Lipinski definition) is 0. The number of aliphatic imine (C=N–C) groups is 1. The Morgan fingerprint density at radius 2 is 2.25 bits per heavy atom. The molecule has 0 saturated heterocycles. The van der Waals surface area contributed by atoms with Crippen molar-refractivity contribution in [3.8, 4) is 0 Å². The molecule has 1 nitrogen and oxygen atoms in total. The molecule has 0 rings (SSSR count). The molecule has 0 bridgehead atoms. The maximum atomic E-state index is 3.38. The predicted molar refractivity (Wildman–Crippen MR) is 20.5 cm³/mol. The zero-order chi connectivity index (χ0) is 3.41. The average Bonchev–Trinajstić information content (AvgIpc) is 1.37. The van der Waals surface area contributed by atoms with Gasteiger partial charge in [-0.1, -0.05) is 0 Å². The monoisotopic (exact) mass is 53.0 g/mol. The van der Waals surface area contributed by atoms with Crippen LogP contribution in [0.1, 0.15) is 0 Å². The summed E-state index contributed by atoms with van der Waals surface area (Å²) < 4.78 is 0. The van der Waals surface area contributed by atoms with Crippen LogP contribution < -0.4 is 0 Å². The summed E-state index contributed by atoms with van der Waals surface area (Å²) in [5.74, 6) is 2.31. The topological polar surface area (TPSA) is 12.4 Å². The molecule has 0 aromatic heterocycles. The fourth-order valence-corrected chi connectivity index (χ4v) is 0. The van der Waals surface area contributed by atoms with E-state index in [1.54, 1.807) is 7.05 Å². The number of rotatable bonds is 0. The molecule has 0 amide bonds. The van der Waals surface area contributed by atoms with Crippen LogP contribution in [0.2, 0.25) is 0 Å². The van der Waals surface area contributed by atoms with Crippen molar-refractivity contribution < 1.29 is 0 Å². The molecule has 0 aliphatic rings. The molecular weight excluding hydrogens is 48.8 g/mol. The third-order valence-corrected chi connectivity index (χ3v) is 0.158. The summed E-state index contributed by atoms with van der Waals surface area (Å²) in [5, 5.41) is 0. The van der Waals surface area contributed by atoms with Crippen LogP contribution >= 0.6 is 0 Å². The first-order valence-corrected chi connectivity index (χ1v) is 1.02. The van der Waals surface area contributed by atoms with Crippen molar-refractivity contribution in [3.63, 3.8) is 0 Å². The first-order valence-electron chi connectivity index (χ1n) is 1.02. The summed E-state index contributed by atoms with van der Waals surface area (Å²) in [5.41, 5.74) is 0. The molecule has 0 aliphatic carbocycles. The van der Waals surface area contributed by atoms with Gasteiger partial charge in [-0.15, -0.1) is 0 Å². The molecule has 0 radical (unpaired) electrons. The van der Waals surface area contributed by atoms with E-state index in [0.717, 1.165) is 0 Å². The SMILES string of the molecule is B=C=NC. The van der Waals surface area contributed by atoms with Gasteiger partial charge in [0.2, 0.25) is 0 Å². The fourth-order valence-electron chi connectivity index (χ4n) is 0. The van der Waals surface area contributed by atoms with Crippen LogP contribution in [0.4, 0.5) is 0 Å². The summed E-state index contributed by atoms with van der Waals surface area (Å²) in [6, 6.07) is 0. The Morgan fingerprint density at radius 1 is 2.00 bits per heavy atom. The van der Waals surface area contributed by atoms with Crippen molar-refractivity contribution in [1.82, 2.24) is 0 Å². The van der Waals surface area contributed by atoms with Crippen LogP contribution in [-0.4, -0.2) is 20.3 Å². The second-order valence-electron chi connectivity index (χ2n) is 0.382. The quantitative estimate of drug-likeness (QED) is 0.259. The van der Waals surface area contributed by atoms with E-state index in [1.165, 1.54) is 0 Å². The van der Waals surface area contributed by atoms with Crippen LogP contribution in [0, 0.1) is 0 Å². The Labute approximate surface area is 26.4 Å². The Kier molecular flexibility index (Phi) is 2.41. The standard InChI is InChI=1S/C2H4BN/c1-4-2-3/h3H,1H3. The van der Waals surface area contributed by atoms with Gasteiger partial charge >= 0.3 is 25.3 Å². The van der Waals surface area contributed by atoms with Gasteiger partial charge in [0.1, 0.15) is 0 Å². The van der Waals surface area contributed by atoms with E-state index in [9.17, 15) is 0 Å². The Bertz CT molecular complexity index is 44.0. The van der Waals surface area contributed by atoms with Crippen molar-refractivity contribution in [1.29, 1.82) is 0 Å². The summed E-state index contributed by atoms with van der Waals surface area (Å²) >= 11 is 0. The predicted octanol–water partition coefficient (Wildman–Crippen LogP) is -0.578. The zero-order valence-corrected chi connectivity index (χ0v) is 2.65. The maximum absolute atomic E-state index is 3.38. The molecule has 4 heavy (non-hydrogen) atoms. The normalized spacial score (nSPS) is 4.00. The van der Waals surface area contributed by atoms with Crippen molar-refractivity contribution >= 4 is 13.2 Å². The van der Waals surface area contributed by atoms with Gasteiger partial charge in [0.05, 0.1) is 0 Å². The number of hydrogen-bond acceptors (Lipinski definition) is 1. The molecule has 0 N–H and O–H groups in total. The van der Waals surface area contributed by atoms with Crippen LogP contribution in [0.15, 0.2) is 4.99 Å². The van der Waals surface area contributed by atoms with Crippen LogP contribution in [0.3, 0.4) is 0 Å². The fraction of sp³-hybridized carbons (Fsp3) is 0.500. The van der Waals surface area contributed by atoms with Crippen LogP contribution in [-0.2, 0) is 0 Å². The van der Waals surface area contributed by atoms with Crippen molar-refractivity contribution in [2.24, 2.45) is 4.99 Å². The molecule has 2 heteroatoms. The molecule has 0 fully saturated rings. The van der Waals surface area contributed by atoms with E-state index in [1.807, 2.05) is 0 Å². The minimum absolute atomic E-state index is 1.63. The summed E-state index contributed by atoms with van der Waals surface area (Å²) in [6.07, 6.45) is 0. The van der Waals surface area contributed by atoms with Crippen LogP contribution in [0.5, 0.6) is 0 Å². The van der Waals surface area contributed by atoms with Crippen molar-refractivity contribution in [2.75, 3.05) is 7.05 Å². The number of nitrogens with zero attached hydrogens (tertiary/aromatic N) is 1. The van der Waals surface area contributed by atoms with E-state index in [0.29, 0.717) is 0 Å². The second-order valence-corrected chi connectivity index (χ2v) is 0.382. The molecule has 0 spiro atoms. The van der Waals surface area contributed by atoms with Crippen LogP contribution in [0.25, 0.3) is 0 Å². The van der Waals surface area contributed by atoms with E-state index in [2.05, 4.69) is 18.2 Å². The Balaban J connectivity index is 3.11. The minimum atomic E-state index is 1.63. The molecule has 0 unspecified atom stereocenters. The van der Waals surface area contributed by atoms with Gasteiger partial charge in [-0.25, -0.2) is 0 Å². The Morgan fingerprint density at radius 3 is 2.25 bits per heavy atom. The van der Waals surface area contributed by atoms with Gasteiger partial charge in [0.15, 0.2) is 0 Å². The molecule has 0 heterocycles. The molecule has 20 valence electrons. The van der Waals surface area contributed by atoms with E-state index < -0.39 is 0 Å². The van der Waals surface area contributed by atoms with Crippen molar-refractivity contribution in [2.45, 2.75) is 0 Å². The van der Waals surface area contributed by atoms with Gasteiger partial charge in [0, 0.05) is 0 Å². The summed E-state index contributed by atoms with van der Waals surface area (Å²) in [4.78, 5) is 3.38. The third-order valence-electron chi connectivity index (χ3n) is 0.158. The molecule has 0 atom stereocenters. The molecule has 0 aliphatic heterocycles. The van der Waals surface area contributed by atoms with Gasteiger partial charge in [0.25, 0.3) is 0 Å². The molecular formula is C2H4BN. The van der Waals surface area contributed by atoms with Gasteiger partial charge < -0.3 is 0 Å². The summed E-state index contributed by atoms with van der Waals surface area (Å²) in [6.45, 7) is 0. The van der Waals surface area contributed by atoms with Gasteiger partial charge in [-0.05, 0) is 0 Å². The van der Waals surface area contributed by atoms with Crippen molar-refractivity contribution in [3.05, 3.63) is 0 Å². The van der Waals surface area contributed by atoms with E-state index >= 15 is 0 Å². The first kappa shape index (κ1) is 3.64. The van der Waals surface area contributed by atoms with E-state index in [-0.39, 0.29) is 0 Å². The van der Waals surface area contributed by atoms with Gasteiger partial charge in [-0.2, -0.15) is 0 Å². The first-order chi connectivity index (χ1) is 1.91. The Hall–Kier alpha value is -0.355. The third kappa shape index (κ3) is 1.64. The van der Waals surface area contributed by atoms with Gasteiger partial charge in [-0.3, -0.25) is 0 Å². The molecule has 0 aromatic carbocycles. The molecule has 0 saturated carbocycles. The van der Waals surface area contributed by atoms with E-state index in [4.69, 9.17) is 0 Å². The summed E-state index contributed by atoms with van der Waals surface area (Å²) in [7, 11) is 4.82. The zero-order valence-electron chi connectivity index (χ0n) is 2.65. The molecule has 0 aromatic rings. The second kappa shape index (κ2) is 2.64.